The van der Waals surface area contributed by atoms with Crippen LogP contribution in [0.4, 0.5) is 0 Å². The summed E-state index contributed by atoms with van der Waals surface area (Å²) in [4.78, 5) is 30.2. The maximum Gasteiger partial charge on any atom is 0.295 e. The van der Waals surface area contributed by atoms with Crippen LogP contribution in [-0.2, 0) is 9.59 Å². The van der Waals surface area contributed by atoms with Gasteiger partial charge in [0.05, 0.1) is 23.8 Å². The standard InChI is InChI=1S/C29H38N2O5/c1-7-30(8-2)17-18-31-26(21-9-13-23(14-10-21)35-19(3)4)25(28(33)29(31)34)27(32)22-11-15-24(16-12-22)36-20(5)6/h9-16,19-20,26,32H,7-8,17-18H2,1-6H3/b27-25-. The fraction of sp³-hybridized carbons (Fsp3) is 0.448. The van der Waals surface area contributed by atoms with Crippen LogP contribution < -0.4 is 9.47 Å². The summed E-state index contributed by atoms with van der Waals surface area (Å²) >= 11 is 0. The van der Waals surface area contributed by atoms with Crippen molar-refractivity contribution in [3.8, 4) is 11.5 Å². The molecule has 1 unspecified atom stereocenters. The first-order chi connectivity index (χ1) is 17.2. The van der Waals surface area contributed by atoms with Crippen LogP contribution in [0.1, 0.15) is 58.7 Å². The molecule has 0 bridgehead atoms. The van der Waals surface area contributed by atoms with Crippen molar-refractivity contribution in [2.45, 2.75) is 59.8 Å². The molecule has 7 nitrogen and oxygen atoms in total. The molecule has 0 aliphatic carbocycles. The lowest BCUT2D eigenvalue weighted by atomic mass is 9.95. The summed E-state index contributed by atoms with van der Waals surface area (Å²) in [7, 11) is 0. The third-order valence-electron chi connectivity index (χ3n) is 6.16. The first-order valence-electron chi connectivity index (χ1n) is 12.7. The SMILES string of the molecule is CCN(CC)CCN1C(=O)C(=O)/C(=C(\O)c2ccc(OC(C)C)cc2)C1c1ccc(OC(C)C)cc1. The van der Waals surface area contributed by atoms with E-state index in [9.17, 15) is 14.7 Å². The number of aliphatic hydroxyl groups is 1. The van der Waals surface area contributed by atoms with Crippen LogP contribution in [0.25, 0.3) is 5.76 Å². The third-order valence-corrected chi connectivity index (χ3v) is 6.16. The summed E-state index contributed by atoms with van der Waals surface area (Å²) < 4.78 is 11.5. The van der Waals surface area contributed by atoms with Crippen molar-refractivity contribution in [1.82, 2.24) is 9.80 Å². The maximum absolute atomic E-state index is 13.3. The van der Waals surface area contributed by atoms with E-state index >= 15 is 0 Å². The van der Waals surface area contributed by atoms with Crippen molar-refractivity contribution in [2.24, 2.45) is 0 Å². The van der Waals surface area contributed by atoms with Gasteiger partial charge in [0.2, 0.25) is 0 Å². The highest BCUT2D eigenvalue weighted by atomic mass is 16.5. The number of amides is 1. The quantitative estimate of drug-likeness (QED) is 0.268. The lowest BCUT2D eigenvalue weighted by Crippen LogP contribution is -2.38. The Morgan fingerprint density at radius 2 is 1.39 bits per heavy atom. The fourth-order valence-corrected chi connectivity index (χ4v) is 4.37. The van der Waals surface area contributed by atoms with E-state index in [0.29, 0.717) is 30.2 Å². The maximum atomic E-state index is 13.3. The predicted molar refractivity (Wildman–Crippen MR) is 141 cm³/mol. The number of nitrogens with zero attached hydrogens (tertiary/aromatic N) is 2. The third kappa shape index (κ3) is 6.26. The van der Waals surface area contributed by atoms with Crippen LogP contribution in [-0.4, -0.2) is 65.0 Å². The van der Waals surface area contributed by atoms with E-state index in [0.717, 1.165) is 18.7 Å². The molecular weight excluding hydrogens is 456 g/mol. The Hall–Kier alpha value is -3.32. The molecule has 1 heterocycles. The molecule has 1 fully saturated rings. The molecule has 2 aromatic carbocycles. The number of rotatable bonds is 11. The zero-order chi connectivity index (χ0) is 26.4. The fourth-order valence-electron chi connectivity index (χ4n) is 4.37. The molecular formula is C29H38N2O5. The number of Topliss-reactive ketones (excluding diaryl/α,β-unsaturated/α-hetero) is 1. The van der Waals surface area contributed by atoms with Crippen LogP contribution in [0.5, 0.6) is 11.5 Å². The summed E-state index contributed by atoms with van der Waals surface area (Å²) in [5.41, 5.74) is 1.29. The molecule has 2 aromatic rings. The zero-order valence-corrected chi connectivity index (χ0v) is 22.2. The summed E-state index contributed by atoms with van der Waals surface area (Å²) in [5, 5.41) is 11.3. The Bertz CT molecular complexity index is 1070. The largest absolute Gasteiger partial charge is 0.507 e. The molecule has 0 radical (unpaired) electrons. The van der Waals surface area contributed by atoms with E-state index in [2.05, 4.69) is 18.7 Å². The van der Waals surface area contributed by atoms with Crippen molar-refractivity contribution in [3.05, 3.63) is 65.2 Å². The molecule has 1 aliphatic rings. The number of benzene rings is 2. The van der Waals surface area contributed by atoms with Gasteiger partial charge in [-0.1, -0.05) is 26.0 Å². The van der Waals surface area contributed by atoms with Gasteiger partial charge in [0.1, 0.15) is 17.3 Å². The van der Waals surface area contributed by atoms with Crippen LogP contribution >= 0.6 is 0 Å². The van der Waals surface area contributed by atoms with Gasteiger partial charge in [0.25, 0.3) is 11.7 Å². The summed E-state index contributed by atoms with van der Waals surface area (Å²) in [6.07, 6.45) is 0.0430. The Kier molecular flexibility index (Phi) is 9.15. The Morgan fingerprint density at radius 1 is 0.889 bits per heavy atom. The summed E-state index contributed by atoms with van der Waals surface area (Å²) in [6, 6.07) is 13.6. The number of carbonyl (C=O) groups is 2. The van der Waals surface area contributed by atoms with Crippen molar-refractivity contribution in [1.29, 1.82) is 0 Å². The molecule has 0 spiro atoms. The van der Waals surface area contributed by atoms with Crippen LogP contribution in [0.15, 0.2) is 54.1 Å². The number of ether oxygens (including phenoxy) is 2. The number of hydrogen-bond donors (Lipinski definition) is 1. The monoisotopic (exact) mass is 494 g/mol. The number of carbonyl (C=O) groups excluding carboxylic acids is 2. The first-order valence-corrected chi connectivity index (χ1v) is 12.7. The highest BCUT2D eigenvalue weighted by Gasteiger charge is 2.46. The van der Waals surface area contributed by atoms with Crippen LogP contribution in [0.2, 0.25) is 0 Å². The average molecular weight is 495 g/mol. The van der Waals surface area contributed by atoms with Crippen molar-refractivity contribution in [3.63, 3.8) is 0 Å². The van der Waals surface area contributed by atoms with Crippen molar-refractivity contribution in [2.75, 3.05) is 26.2 Å². The van der Waals surface area contributed by atoms with Gasteiger partial charge in [-0.25, -0.2) is 0 Å². The minimum Gasteiger partial charge on any atom is -0.507 e. The molecule has 0 aromatic heterocycles. The smallest absolute Gasteiger partial charge is 0.295 e. The minimum atomic E-state index is -0.694. The molecule has 36 heavy (non-hydrogen) atoms. The van der Waals surface area contributed by atoms with Gasteiger partial charge in [0, 0.05) is 18.7 Å². The highest BCUT2D eigenvalue weighted by Crippen LogP contribution is 2.40. The number of hydrogen-bond acceptors (Lipinski definition) is 6. The lowest BCUT2D eigenvalue weighted by Gasteiger charge is -2.28. The van der Waals surface area contributed by atoms with Gasteiger partial charge in [-0.2, -0.15) is 0 Å². The average Bonchev–Trinajstić information content (AvgIpc) is 3.09. The molecule has 1 N–H and O–H groups in total. The Labute approximate surface area is 214 Å². The van der Waals surface area contributed by atoms with Crippen molar-refractivity contribution >= 4 is 17.4 Å². The van der Waals surface area contributed by atoms with Crippen molar-refractivity contribution < 1.29 is 24.2 Å². The van der Waals surface area contributed by atoms with E-state index in [4.69, 9.17) is 9.47 Å². The normalized spacial score (nSPS) is 17.5. The van der Waals surface area contributed by atoms with E-state index in [-0.39, 0.29) is 23.5 Å². The molecule has 1 aliphatic heterocycles. The lowest BCUT2D eigenvalue weighted by molar-refractivity contribution is -0.140. The number of aliphatic hydroxyl groups excluding tert-OH is 1. The summed E-state index contributed by atoms with van der Waals surface area (Å²) in [6.45, 7) is 14.6. The van der Waals surface area contributed by atoms with Gasteiger partial charge >= 0.3 is 0 Å². The van der Waals surface area contributed by atoms with Crippen LogP contribution in [0.3, 0.4) is 0 Å². The Balaban J connectivity index is 2.04. The van der Waals surface area contributed by atoms with E-state index < -0.39 is 17.7 Å². The minimum absolute atomic E-state index is 0.0169. The zero-order valence-electron chi connectivity index (χ0n) is 22.2. The number of likely N-dealkylation sites (tertiary alicyclic amines) is 1. The van der Waals surface area contributed by atoms with E-state index in [1.165, 1.54) is 0 Å². The molecule has 7 heteroatoms. The second-order valence-electron chi connectivity index (χ2n) is 9.45. The summed E-state index contributed by atoms with van der Waals surface area (Å²) in [5.74, 6) is -0.103. The number of ketones is 1. The topological polar surface area (TPSA) is 79.3 Å². The van der Waals surface area contributed by atoms with Gasteiger partial charge in [-0.05, 0) is 82.7 Å². The first kappa shape index (κ1) is 27.3. The van der Waals surface area contributed by atoms with E-state index in [1.54, 1.807) is 29.2 Å². The molecule has 0 saturated carbocycles. The molecule has 1 saturated heterocycles. The molecule has 194 valence electrons. The molecule has 1 atom stereocenters. The second kappa shape index (κ2) is 12.1. The van der Waals surface area contributed by atoms with Gasteiger partial charge < -0.3 is 24.4 Å². The van der Waals surface area contributed by atoms with E-state index in [1.807, 2.05) is 52.0 Å². The molecule has 3 rings (SSSR count). The predicted octanol–water partition coefficient (Wildman–Crippen LogP) is 5.02. The Morgan fingerprint density at radius 3 is 1.86 bits per heavy atom. The highest BCUT2D eigenvalue weighted by molar-refractivity contribution is 6.46. The van der Waals surface area contributed by atoms with Crippen LogP contribution in [0, 0.1) is 0 Å². The van der Waals surface area contributed by atoms with Gasteiger partial charge in [-0.3, -0.25) is 9.59 Å². The molecule has 1 amide bonds. The van der Waals surface area contributed by atoms with Gasteiger partial charge in [-0.15, -0.1) is 0 Å². The van der Waals surface area contributed by atoms with Gasteiger partial charge in [0.15, 0.2) is 0 Å². The number of likely N-dealkylation sites (N-methyl/N-ethyl adjacent to an activating group) is 1. The second-order valence-corrected chi connectivity index (χ2v) is 9.45.